The van der Waals surface area contributed by atoms with E-state index in [1.807, 2.05) is 31.2 Å². The molecule has 0 bridgehead atoms. The van der Waals surface area contributed by atoms with E-state index >= 15 is 0 Å². The van der Waals surface area contributed by atoms with Gasteiger partial charge in [-0.15, -0.1) is 6.42 Å². The van der Waals surface area contributed by atoms with Crippen molar-refractivity contribution in [1.29, 1.82) is 0 Å². The summed E-state index contributed by atoms with van der Waals surface area (Å²) in [6.45, 7) is 4.84. The minimum absolute atomic E-state index is 0.171. The molecule has 0 fully saturated rings. The van der Waals surface area contributed by atoms with Crippen LogP contribution in [0.5, 0.6) is 5.75 Å². The van der Waals surface area contributed by atoms with Gasteiger partial charge in [0.1, 0.15) is 5.75 Å². The van der Waals surface area contributed by atoms with Crippen LogP contribution in [0.2, 0.25) is 0 Å². The van der Waals surface area contributed by atoms with Crippen molar-refractivity contribution in [3.63, 3.8) is 0 Å². The van der Waals surface area contributed by atoms with Crippen molar-refractivity contribution in [1.82, 2.24) is 4.57 Å². The van der Waals surface area contributed by atoms with E-state index in [-0.39, 0.29) is 24.8 Å². The first-order valence-corrected chi connectivity index (χ1v) is 10.4. The highest BCUT2D eigenvalue weighted by Gasteiger charge is 2.12. The Balaban J connectivity index is 1.91. The first-order valence-electron chi connectivity index (χ1n) is 9.59. The summed E-state index contributed by atoms with van der Waals surface area (Å²) >= 11 is 1.31. The summed E-state index contributed by atoms with van der Waals surface area (Å²) in [4.78, 5) is 29.3. The van der Waals surface area contributed by atoms with Crippen LogP contribution in [0.15, 0.2) is 47.5 Å². The normalized spacial score (nSPS) is 11.3. The molecule has 6 nitrogen and oxygen atoms in total. The number of thiazole rings is 1. The molecule has 3 aromatic rings. The monoisotopic (exact) mass is 422 g/mol. The fraction of sp³-hybridized carbons (Fsp3) is 0.261. The predicted octanol–water partition coefficient (Wildman–Crippen LogP) is 3.58. The van der Waals surface area contributed by atoms with Crippen LogP contribution in [-0.4, -0.2) is 29.7 Å². The molecule has 0 radical (unpaired) electrons. The van der Waals surface area contributed by atoms with E-state index in [1.165, 1.54) is 11.3 Å². The van der Waals surface area contributed by atoms with Crippen molar-refractivity contribution < 1.29 is 19.1 Å². The van der Waals surface area contributed by atoms with Crippen LogP contribution in [0.1, 0.15) is 29.8 Å². The number of terminal acetylenes is 1. The van der Waals surface area contributed by atoms with Crippen molar-refractivity contribution in [3.8, 4) is 18.1 Å². The van der Waals surface area contributed by atoms with Gasteiger partial charge in [-0.25, -0.2) is 4.79 Å². The number of aromatic nitrogens is 1. The molecule has 0 aliphatic carbocycles. The number of fused-ring (bicyclic) bond motifs is 1. The molecule has 30 heavy (non-hydrogen) atoms. The fourth-order valence-corrected chi connectivity index (χ4v) is 4.02. The Hall–Kier alpha value is -3.37. The lowest BCUT2D eigenvalue weighted by Crippen LogP contribution is -2.17. The Morgan fingerprint density at radius 1 is 1.13 bits per heavy atom. The van der Waals surface area contributed by atoms with Crippen LogP contribution in [0.4, 0.5) is 0 Å². The highest BCUT2D eigenvalue weighted by molar-refractivity contribution is 7.16. The van der Waals surface area contributed by atoms with E-state index in [1.54, 1.807) is 29.7 Å². The second-order valence-electron chi connectivity index (χ2n) is 6.34. The van der Waals surface area contributed by atoms with Crippen molar-refractivity contribution in [2.24, 2.45) is 4.99 Å². The average Bonchev–Trinajstić information content (AvgIpc) is 3.06. The zero-order valence-electron chi connectivity index (χ0n) is 16.9. The number of benzene rings is 2. The third kappa shape index (κ3) is 4.97. The Kier molecular flexibility index (Phi) is 7.04. The highest BCUT2D eigenvalue weighted by Crippen LogP contribution is 2.20. The molecular formula is C23H22N2O4S. The number of carbonyl (C=O) groups excluding carboxylic acids is 2. The largest absolute Gasteiger partial charge is 0.494 e. The molecule has 0 atom stereocenters. The number of hydrogen-bond donors (Lipinski definition) is 0. The summed E-state index contributed by atoms with van der Waals surface area (Å²) in [5, 5.41) is 0. The summed E-state index contributed by atoms with van der Waals surface area (Å²) in [5.74, 6) is 2.69. The molecule has 0 aliphatic heterocycles. The van der Waals surface area contributed by atoms with Crippen LogP contribution < -0.4 is 9.54 Å². The van der Waals surface area contributed by atoms with Gasteiger partial charge in [-0.2, -0.15) is 4.99 Å². The Morgan fingerprint density at radius 2 is 1.90 bits per heavy atom. The molecule has 0 unspecified atom stereocenters. The number of nitrogens with zero attached hydrogens (tertiary/aromatic N) is 2. The number of ether oxygens (including phenoxy) is 2. The quantitative estimate of drug-likeness (QED) is 0.431. The fourth-order valence-electron chi connectivity index (χ4n) is 2.94. The van der Waals surface area contributed by atoms with Gasteiger partial charge < -0.3 is 14.0 Å². The maximum absolute atomic E-state index is 12.6. The summed E-state index contributed by atoms with van der Waals surface area (Å²) in [6, 6.07) is 12.6. The van der Waals surface area contributed by atoms with Gasteiger partial charge in [0.05, 0.1) is 42.0 Å². The zero-order valence-corrected chi connectivity index (χ0v) is 17.7. The second-order valence-corrected chi connectivity index (χ2v) is 7.35. The third-order valence-electron chi connectivity index (χ3n) is 4.25. The molecule has 2 aromatic carbocycles. The molecule has 3 rings (SSSR count). The minimum Gasteiger partial charge on any atom is -0.494 e. The van der Waals surface area contributed by atoms with Gasteiger partial charge >= 0.3 is 5.97 Å². The Morgan fingerprint density at radius 3 is 2.57 bits per heavy atom. The van der Waals surface area contributed by atoms with Crippen LogP contribution in [0.3, 0.4) is 0 Å². The van der Waals surface area contributed by atoms with Gasteiger partial charge in [0.2, 0.25) is 0 Å². The van der Waals surface area contributed by atoms with Crippen molar-refractivity contribution >= 4 is 33.4 Å². The molecular weight excluding hydrogens is 400 g/mol. The van der Waals surface area contributed by atoms with E-state index in [2.05, 4.69) is 10.9 Å². The predicted molar refractivity (Wildman–Crippen MR) is 116 cm³/mol. The summed E-state index contributed by atoms with van der Waals surface area (Å²) in [6.07, 6.45) is 5.68. The Bertz CT molecular complexity index is 1170. The second kappa shape index (κ2) is 9.90. The third-order valence-corrected chi connectivity index (χ3v) is 5.29. The molecule has 0 N–H and O–H groups in total. The minimum atomic E-state index is -0.388. The van der Waals surface area contributed by atoms with Crippen LogP contribution in [0, 0.1) is 12.3 Å². The summed E-state index contributed by atoms with van der Waals surface area (Å²) < 4.78 is 13.1. The maximum atomic E-state index is 12.6. The van der Waals surface area contributed by atoms with Gasteiger partial charge in [-0.05, 0) is 49.7 Å². The molecule has 1 heterocycles. The molecule has 154 valence electrons. The van der Waals surface area contributed by atoms with Crippen molar-refractivity contribution in [2.45, 2.75) is 26.8 Å². The lowest BCUT2D eigenvalue weighted by Gasteiger charge is -2.04. The SMILES string of the molecule is C#CCn1c(=NC(=O)Cc2ccc(OCC)cc2)sc2cc(C(=O)OCC)ccc21. The topological polar surface area (TPSA) is 69.9 Å². The summed E-state index contributed by atoms with van der Waals surface area (Å²) in [7, 11) is 0. The van der Waals surface area contributed by atoms with Crippen LogP contribution in [0.25, 0.3) is 10.2 Å². The lowest BCUT2D eigenvalue weighted by molar-refractivity contribution is -0.117. The van der Waals surface area contributed by atoms with Gasteiger partial charge in [0.25, 0.3) is 5.91 Å². The molecule has 1 aromatic heterocycles. The van der Waals surface area contributed by atoms with Gasteiger partial charge in [0.15, 0.2) is 4.80 Å². The van der Waals surface area contributed by atoms with E-state index in [0.29, 0.717) is 23.6 Å². The Labute approximate surface area is 178 Å². The number of esters is 1. The molecule has 7 heteroatoms. The van der Waals surface area contributed by atoms with E-state index in [9.17, 15) is 9.59 Å². The van der Waals surface area contributed by atoms with E-state index in [4.69, 9.17) is 15.9 Å². The van der Waals surface area contributed by atoms with Gasteiger partial charge in [-0.3, -0.25) is 4.79 Å². The summed E-state index contributed by atoms with van der Waals surface area (Å²) in [5.41, 5.74) is 2.12. The number of carbonyl (C=O) groups is 2. The van der Waals surface area contributed by atoms with Gasteiger partial charge in [0, 0.05) is 0 Å². The zero-order chi connectivity index (χ0) is 21.5. The van der Waals surface area contributed by atoms with E-state index < -0.39 is 0 Å². The molecule has 0 spiro atoms. The number of hydrogen-bond acceptors (Lipinski definition) is 5. The first kappa shape index (κ1) is 21.3. The van der Waals surface area contributed by atoms with Gasteiger partial charge in [-0.1, -0.05) is 29.4 Å². The highest BCUT2D eigenvalue weighted by atomic mass is 32.1. The van der Waals surface area contributed by atoms with Crippen LogP contribution in [-0.2, 0) is 22.5 Å². The standard InChI is InChI=1S/C23H22N2O4S/c1-4-13-25-19-12-9-17(22(27)29-6-3)15-20(19)30-23(25)24-21(26)14-16-7-10-18(11-8-16)28-5-2/h1,7-12,15H,5-6,13-14H2,2-3H3. The van der Waals surface area contributed by atoms with E-state index in [0.717, 1.165) is 21.5 Å². The average molecular weight is 423 g/mol. The first-order chi connectivity index (χ1) is 14.5. The van der Waals surface area contributed by atoms with Crippen molar-refractivity contribution in [2.75, 3.05) is 13.2 Å². The number of rotatable bonds is 7. The molecule has 1 amide bonds. The number of amides is 1. The van der Waals surface area contributed by atoms with Crippen molar-refractivity contribution in [3.05, 3.63) is 58.4 Å². The molecule has 0 saturated heterocycles. The maximum Gasteiger partial charge on any atom is 0.338 e. The lowest BCUT2D eigenvalue weighted by atomic mass is 10.1. The molecule has 0 saturated carbocycles. The molecule has 0 aliphatic rings. The smallest absolute Gasteiger partial charge is 0.338 e. The van der Waals surface area contributed by atoms with Crippen LogP contribution >= 0.6 is 11.3 Å².